The number of hydrogen-bond acceptors (Lipinski definition) is 5. The zero-order valence-corrected chi connectivity index (χ0v) is 20.5. The molecule has 0 spiro atoms. The highest BCUT2D eigenvalue weighted by atomic mass is 32.2. The number of amides is 1. The van der Waals surface area contributed by atoms with E-state index in [9.17, 15) is 9.59 Å². The smallest absolute Gasteiger partial charge is 0.267 e. The number of carbonyl (C=O) groups excluding carboxylic acids is 1. The van der Waals surface area contributed by atoms with Crippen LogP contribution in [0.5, 0.6) is 0 Å². The maximum absolute atomic E-state index is 13.4. The summed E-state index contributed by atoms with van der Waals surface area (Å²) < 4.78 is 1.50. The van der Waals surface area contributed by atoms with E-state index in [2.05, 4.69) is 22.4 Å². The van der Waals surface area contributed by atoms with Crippen molar-refractivity contribution in [1.29, 1.82) is 0 Å². The lowest BCUT2D eigenvalue weighted by Crippen LogP contribution is -2.24. The van der Waals surface area contributed by atoms with E-state index < -0.39 is 0 Å². The molecule has 0 unspecified atom stereocenters. The number of anilines is 1. The third-order valence-electron chi connectivity index (χ3n) is 5.80. The van der Waals surface area contributed by atoms with E-state index in [0.717, 1.165) is 23.2 Å². The van der Waals surface area contributed by atoms with E-state index in [0.29, 0.717) is 21.9 Å². The summed E-state index contributed by atoms with van der Waals surface area (Å²) in [5.41, 5.74) is 4.20. The van der Waals surface area contributed by atoms with Crippen molar-refractivity contribution < 1.29 is 4.79 Å². The van der Waals surface area contributed by atoms with Gasteiger partial charge in [-0.25, -0.2) is 14.5 Å². The summed E-state index contributed by atoms with van der Waals surface area (Å²) in [7, 11) is 0. The zero-order chi connectivity index (χ0) is 24.9. The summed E-state index contributed by atoms with van der Waals surface area (Å²) in [6.45, 7) is 1.90. The van der Waals surface area contributed by atoms with Crippen molar-refractivity contribution in [3.63, 3.8) is 0 Å². The van der Waals surface area contributed by atoms with Crippen molar-refractivity contribution in [3.8, 4) is 5.82 Å². The van der Waals surface area contributed by atoms with Crippen molar-refractivity contribution in [2.24, 2.45) is 0 Å². The molecule has 2 heterocycles. The molecule has 0 atom stereocenters. The van der Waals surface area contributed by atoms with Crippen LogP contribution >= 0.6 is 11.8 Å². The van der Waals surface area contributed by atoms with E-state index in [1.54, 1.807) is 18.3 Å². The Hall–Kier alpha value is -4.23. The average Bonchev–Trinajstić information content (AvgIpc) is 2.90. The third-order valence-corrected chi connectivity index (χ3v) is 6.74. The van der Waals surface area contributed by atoms with Crippen LogP contribution in [0.3, 0.4) is 0 Å². The van der Waals surface area contributed by atoms with Gasteiger partial charge in [-0.15, -0.1) is 0 Å². The first-order chi connectivity index (χ1) is 17.6. The van der Waals surface area contributed by atoms with Crippen LogP contribution in [0.4, 0.5) is 5.69 Å². The predicted molar refractivity (Wildman–Crippen MR) is 145 cm³/mol. The largest absolute Gasteiger partial charge is 0.325 e. The Morgan fingerprint density at radius 3 is 2.50 bits per heavy atom. The molecule has 36 heavy (non-hydrogen) atoms. The summed E-state index contributed by atoms with van der Waals surface area (Å²) in [5.74, 6) is 0.431. The van der Waals surface area contributed by atoms with E-state index >= 15 is 0 Å². The summed E-state index contributed by atoms with van der Waals surface area (Å²) in [5, 5.41) is 3.96. The van der Waals surface area contributed by atoms with Crippen molar-refractivity contribution >= 4 is 34.3 Å². The van der Waals surface area contributed by atoms with Gasteiger partial charge in [-0.3, -0.25) is 9.59 Å². The van der Waals surface area contributed by atoms with Crippen molar-refractivity contribution in [2.75, 3.05) is 11.1 Å². The molecule has 1 N–H and O–H groups in total. The van der Waals surface area contributed by atoms with Gasteiger partial charge in [0.05, 0.1) is 16.7 Å². The fourth-order valence-corrected chi connectivity index (χ4v) is 4.83. The Balaban J connectivity index is 1.41. The van der Waals surface area contributed by atoms with Gasteiger partial charge in [-0.2, -0.15) is 0 Å². The molecule has 0 aliphatic rings. The normalized spacial score (nSPS) is 10.9. The van der Waals surface area contributed by atoms with Gasteiger partial charge in [0.25, 0.3) is 5.56 Å². The zero-order valence-electron chi connectivity index (χ0n) is 19.7. The van der Waals surface area contributed by atoms with Gasteiger partial charge in [0.2, 0.25) is 5.91 Å². The first-order valence-corrected chi connectivity index (χ1v) is 12.6. The molecule has 2 aromatic heterocycles. The quantitative estimate of drug-likeness (QED) is 0.243. The summed E-state index contributed by atoms with van der Waals surface area (Å²) in [6.07, 6.45) is 2.37. The van der Waals surface area contributed by atoms with Crippen LogP contribution in [0.1, 0.15) is 16.7 Å². The van der Waals surface area contributed by atoms with Gasteiger partial charge in [-0.05, 0) is 54.3 Å². The molecule has 1 amide bonds. The first-order valence-electron chi connectivity index (χ1n) is 11.6. The highest BCUT2D eigenvalue weighted by Crippen LogP contribution is 2.23. The number of nitrogens with one attached hydrogen (secondary N) is 1. The highest BCUT2D eigenvalue weighted by molar-refractivity contribution is 7.99. The maximum Gasteiger partial charge on any atom is 0.267 e. The lowest BCUT2D eigenvalue weighted by Gasteiger charge is -2.14. The second-order valence-corrected chi connectivity index (χ2v) is 9.29. The number of rotatable bonds is 7. The van der Waals surface area contributed by atoms with Gasteiger partial charge in [0.1, 0.15) is 5.82 Å². The van der Waals surface area contributed by atoms with Crippen LogP contribution in [0.25, 0.3) is 16.7 Å². The molecule has 7 heteroatoms. The van der Waals surface area contributed by atoms with Crippen LogP contribution in [0.15, 0.2) is 107 Å². The molecule has 0 aliphatic carbocycles. The number of para-hydroxylation sites is 2. The van der Waals surface area contributed by atoms with Gasteiger partial charge >= 0.3 is 0 Å². The van der Waals surface area contributed by atoms with Gasteiger partial charge < -0.3 is 5.32 Å². The number of aryl methyl sites for hydroxylation is 1. The van der Waals surface area contributed by atoms with Crippen molar-refractivity contribution in [1.82, 2.24) is 14.5 Å². The number of thioether (sulfide) groups is 1. The topological polar surface area (TPSA) is 76.9 Å². The molecular weight excluding hydrogens is 468 g/mol. The number of nitrogens with zero attached hydrogens (tertiary/aromatic N) is 3. The van der Waals surface area contributed by atoms with E-state index in [4.69, 9.17) is 4.98 Å². The summed E-state index contributed by atoms with van der Waals surface area (Å²) >= 11 is 1.22. The standard InChI is InChI=1S/C29H24N4O2S/c1-20-10-9-17-30-27(20)33-28(35)23-14-6-8-16-25(23)32-29(33)36-19-26(34)31-24-15-7-5-13-22(24)18-21-11-3-2-4-12-21/h2-17H,18-19H2,1H3,(H,31,34). The van der Waals surface area contributed by atoms with Crippen LogP contribution < -0.4 is 10.9 Å². The lowest BCUT2D eigenvalue weighted by molar-refractivity contribution is -0.113. The molecule has 0 saturated carbocycles. The minimum atomic E-state index is -0.210. The lowest BCUT2D eigenvalue weighted by atomic mass is 10.0. The maximum atomic E-state index is 13.4. The van der Waals surface area contributed by atoms with Crippen LogP contribution in [0, 0.1) is 6.92 Å². The fourth-order valence-electron chi connectivity index (χ4n) is 4.04. The molecule has 0 radical (unpaired) electrons. The minimum absolute atomic E-state index is 0.0936. The fraction of sp³-hybridized carbons (Fsp3) is 0.103. The molecule has 5 rings (SSSR count). The van der Waals surface area contributed by atoms with E-state index in [1.807, 2.05) is 73.7 Å². The third kappa shape index (κ3) is 5.06. The first kappa shape index (κ1) is 23.5. The Kier molecular flexibility index (Phi) is 6.91. The molecule has 0 aliphatic heterocycles. The molecule has 0 saturated heterocycles. The number of hydrogen-bond donors (Lipinski definition) is 1. The second-order valence-electron chi connectivity index (χ2n) is 8.35. The summed E-state index contributed by atoms with van der Waals surface area (Å²) in [4.78, 5) is 35.6. The van der Waals surface area contributed by atoms with Gasteiger partial charge in [-0.1, -0.05) is 78.5 Å². The summed E-state index contributed by atoms with van der Waals surface area (Å²) in [6, 6.07) is 28.9. The molecule has 3 aromatic carbocycles. The Labute approximate surface area is 213 Å². The van der Waals surface area contributed by atoms with Crippen molar-refractivity contribution in [3.05, 3.63) is 124 Å². The Morgan fingerprint density at radius 1 is 0.917 bits per heavy atom. The monoisotopic (exact) mass is 492 g/mol. The second kappa shape index (κ2) is 10.6. The van der Waals surface area contributed by atoms with Gasteiger partial charge in [0, 0.05) is 11.9 Å². The Bertz CT molecular complexity index is 1600. The SMILES string of the molecule is Cc1cccnc1-n1c(SCC(=O)Nc2ccccc2Cc2ccccc2)nc2ccccc2c1=O. The number of fused-ring (bicyclic) bond motifs is 1. The minimum Gasteiger partial charge on any atom is -0.325 e. The molecule has 178 valence electrons. The van der Waals surface area contributed by atoms with E-state index in [1.165, 1.54) is 21.9 Å². The predicted octanol–water partition coefficient (Wildman–Crippen LogP) is 5.41. The number of pyridine rings is 1. The molecular formula is C29H24N4O2S. The number of benzene rings is 3. The number of carbonyl (C=O) groups is 1. The van der Waals surface area contributed by atoms with Crippen molar-refractivity contribution in [2.45, 2.75) is 18.5 Å². The highest BCUT2D eigenvalue weighted by Gasteiger charge is 2.17. The molecule has 5 aromatic rings. The average molecular weight is 493 g/mol. The number of aromatic nitrogens is 3. The van der Waals surface area contributed by atoms with Crippen LogP contribution in [-0.2, 0) is 11.2 Å². The molecule has 6 nitrogen and oxygen atoms in total. The van der Waals surface area contributed by atoms with Crippen LogP contribution in [0.2, 0.25) is 0 Å². The molecule has 0 fully saturated rings. The van der Waals surface area contributed by atoms with Crippen LogP contribution in [-0.4, -0.2) is 26.2 Å². The van der Waals surface area contributed by atoms with E-state index in [-0.39, 0.29) is 17.2 Å². The Morgan fingerprint density at radius 2 is 1.67 bits per heavy atom. The van der Waals surface area contributed by atoms with Gasteiger partial charge in [0.15, 0.2) is 5.16 Å². The molecule has 0 bridgehead atoms.